The number of para-hydroxylation sites is 2. The van der Waals surface area contributed by atoms with Crippen molar-refractivity contribution in [1.29, 1.82) is 0 Å². The predicted octanol–water partition coefficient (Wildman–Crippen LogP) is 2.90. The molecule has 0 unspecified atom stereocenters. The van der Waals surface area contributed by atoms with Crippen molar-refractivity contribution < 1.29 is 46.4 Å². The average molecular weight is 940 g/mol. The molecule has 0 aliphatic carbocycles. The minimum atomic E-state index is -4.91. The first kappa shape index (κ1) is 50.1. The van der Waals surface area contributed by atoms with Gasteiger partial charge in [0.15, 0.2) is 0 Å². The molecule has 0 fully saturated rings. The Kier molecular flexibility index (Phi) is 18.0. The van der Waals surface area contributed by atoms with E-state index < -0.39 is 30.0 Å². The van der Waals surface area contributed by atoms with Gasteiger partial charge in [-0.2, -0.15) is 46.7 Å². The van der Waals surface area contributed by atoms with E-state index in [-0.39, 0.29) is 140 Å². The maximum atomic E-state index is 12.7. The Balaban J connectivity index is 0.00000793. The Morgan fingerprint density at radius 1 is 0.446 bits per heavy atom. The van der Waals surface area contributed by atoms with Gasteiger partial charge in [-0.05, 0) is 59.7 Å². The number of hydrogen-bond acceptors (Lipinski definition) is 20. The zero-order valence-corrected chi connectivity index (χ0v) is 38.4. The van der Waals surface area contributed by atoms with E-state index in [2.05, 4.69) is 51.2 Å². The van der Waals surface area contributed by atoms with Crippen molar-refractivity contribution in [2.45, 2.75) is 9.79 Å². The van der Waals surface area contributed by atoms with Crippen molar-refractivity contribution in [3.63, 3.8) is 0 Å². The van der Waals surface area contributed by atoms with Crippen LogP contribution in [0.2, 0.25) is 0 Å². The van der Waals surface area contributed by atoms with Crippen LogP contribution in [-0.4, -0.2) is 158 Å². The van der Waals surface area contributed by atoms with Gasteiger partial charge in [0.2, 0.25) is 35.7 Å². The van der Waals surface area contributed by atoms with Crippen LogP contribution in [0.1, 0.15) is 11.1 Å². The minimum absolute atomic E-state index is 0. The number of aliphatic hydroxyl groups is 4. The number of nitrogens with one attached hydrogen (secondary N) is 4. The van der Waals surface area contributed by atoms with Crippen LogP contribution in [0.5, 0.6) is 0 Å². The SMILES string of the molecule is O=S(=O)(O)c1cc(Nc2nc(Nc3ccccc3)nc(N(CCO)CCO)n2)ccc1/C=C\c1ccc(Nc2nc(Nc3ccccc3)nc(N(CCO)CCO)n2)cc1S(=O)(=O)O.[Na]. The molecule has 337 valence electrons. The third-order valence-corrected chi connectivity index (χ3v) is 10.7. The van der Waals surface area contributed by atoms with Gasteiger partial charge in [-0.15, -0.1) is 0 Å². The Labute approximate surface area is 396 Å². The van der Waals surface area contributed by atoms with E-state index in [1.54, 1.807) is 48.5 Å². The summed E-state index contributed by atoms with van der Waals surface area (Å²) in [6, 6.07) is 25.7. The molecule has 0 saturated heterocycles. The first-order chi connectivity index (χ1) is 30.8. The summed E-state index contributed by atoms with van der Waals surface area (Å²) in [5.41, 5.74) is 1.36. The molecule has 0 spiro atoms. The van der Waals surface area contributed by atoms with Crippen LogP contribution in [-0.2, 0) is 20.2 Å². The molecule has 1 radical (unpaired) electrons. The second kappa shape index (κ2) is 23.3. The zero-order chi connectivity index (χ0) is 45.7. The zero-order valence-electron chi connectivity index (χ0n) is 34.8. The summed E-state index contributed by atoms with van der Waals surface area (Å²) in [6.07, 6.45) is 2.45. The first-order valence-electron chi connectivity index (χ1n) is 19.3. The monoisotopic (exact) mass is 939 g/mol. The molecule has 65 heavy (non-hydrogen) atoms. The smallest absolute Gasteiger partial charge is 0.295 e. The van der Waals surface area contributed by atoms with Gasteiger partial charge in [0.25, 0.3) is 20.2 Å². The number of aliphatic hydroxyl groups excluding tert-OH is 4. The second-order valence-corrected chi connectivity index (χ2v) is 16.2. The van der Waals surface area contributed by atoms with Crippen LogP contribution in [0.25, 0.3) is 12.2 Å². The van der Waals surface area contributed by atoms with Crippen molar-refractivity contribution >= 4 is 120 Å². The molecule has 0 atom stereocenters. The summed E-state index contributed by atoms with van der Waals surface area (Å²) in [4.78, 5) is 28.3. The summed E-state index contributed by atoms with van der Waals surface area (Å²) in [7, 11) is -9.82. The van der Waals surface area contributed by atoms with Crippen LogP contribution < -0.4 is 31.1 Å². The summed E-state index contributed by atoms with van der Waals surface area (Å²) in [5.74, 6) is 0.187. The number of nitrogens with zero attached hydrogens (tertiary/aromatic N) is 8. The quantitative estimate of drug-likeness (QED) is 0.0266. The fourth-order valence-electron chi connectivity index (χ4n) is 6.03. The van der Waals surface area contributed by atoms with E-state index in [1.807, 2.05) is 12.1 Å². The van der Waals surface area contributed by atoms with Gasteiger partial charge in [-0.1, -0.05) is 60.7 Å². The molecule has 25 heteroatoms. The van der Waals surface area contributed by atoms with E-state index in [0.29, 0.717) is 11.4 Å². The summed E-state index contributed by atoms with van der Waals surface area (Å²) >= 11 is 0. The topological polar surface area (TPSA) is 322 Å². The van der Waals surface area contributed by atoms with E-state index in [0.717, 1.165) is 12.1 Å². The van der Waals surface area contributed by atoms with Crippen LogP contribution in [0.15, 0.2) is 107 Å². The molecule has 0 amide bonds. The molecule has 0 bridgehead atoms. The molecule has 0 aliphatic rings. The van der Waals surface area contributed by atoms with Gasteiger partial charge in [0, 0.05) is 78.5 Å². The van der Waals surface area contributed by atoms with E-state index in [9.17, 15) is 46.4 Å². The Bertz CT molecular complexity index is 2580. The summed E-state index contributed by atoms with van der Waals surface area (Å²) < 4.78 is 71.5. The number of anilines is 10. The van der Waals surface area contributed by atoms with Gasteiger partial charge in [-0.25, -0.2) is 0 Å². The van der Waals surface area contributed by atoms with Gasteiger partial charge < -0.3 is 51.5 Å². The van der Waals surface area contributed by atoms with E-state index in [1.165, 1.54) is 46.2 Å². The maximum absolute atomic E-state index is 12.7. The Morgan fingerprint density at radius 2 is 0.754 bits per heavy atom. The van der Waals surface area contributed by atoms with Crippen LogP contribution in [0, 0.1) is 0 Å². The molecule has 4 aromatic carbocycles. The van der Waals surface area contributed by atoms with Crippen molar-refractivity contribution in [2.24, 2.45) is 0 Å². The number of aromatic nitrogens is 6. The van der Waals surface area contributed by atoms with E-state index in [4.69, 9.17) is 0 Å². The van der Waals surface area contributed by atoms with Gasteiger partial charge in [0.1, 0.15) is 9.79 Å². The second-order valence-electron chi connectivity index (χ2n) is 13.5. The minimum Gasteiger partial charge on any atom is -0.395 e. The van der Waals surface area contributed by atoms with E-state index >= 15 is 0 Å². The fraction of sp³-hybridized carbons (Fsp3) is 0.200. The molecule has 0 aliphatic heterocycles. The van der Waals surface area contributed by atoms with Crippen LogP contribution in [0.4, 0.5) is 58.4 Å². The van der Waals surface area contributed by atoms with Crippen LogP contribution in [0.3, 0.4) is 0 Å². The largest absolute Gasteiger partial charge is 0.395 e. The standard InChI is InChI=1S/C40H44N12O10S2.Na/c53-21-17-51(18-22-54)39-47-35(41-29-7-3-1-4-8-29)45-37(49-39)43-31-15-13-27(33(25-31)63(57,58)59)11-12-28-14-16-32(26-34(28)64(60,61)62)44-38-46-36(42-30-9-5-2-6-10-30)48-40(50-38)52(19-23-55)20-24-56;/h1-16,25-26,53-56H,17-24H2,(H,57,58,59)(H,60,61,62)(H2,41,43,45,47,49)(H2,42,44,46,48,50);/b12-11-;. The van der Waals surface area contributed by atoms with Gasteiger partial charge in [0.05, 0.1) is 26.4 Å². The number of rotatable bonds is 22. The normalized spacial score (nSPS) is 11.5. The molecule has 6 aromatic rings. The molecule has 2 heterocycles. The van der Waals surface area contributed by atoms with Crippen molar-refractivity contribution in [2.75, 3.05) is 83.7 Å². The molecule has 22 nitrogen and oxygen atoms in total. The maximum Gasteiger partial charge on any atom is 0.295 e. The molecule has 0 saturated carbocycles. The molecule has 2 aromatic heterocycles. The van der Waals surface area contributed by atoms with Crippen molar-refractivity contribution in [1.82, 2.24) is 29.9 Å². The predicted molar refractivity (Wildman–Crippen MR) is 246 cm³/mol. The molecular weight excluding hydrogens is 896 g/mol. The van der Waals surface area contributed by atoms with Crippen LogP contribution >= 0.6 is 0 Å². The average Bonchev–Trinajstić information content (AvgIpc) is 3.26. The third kappa shape index (κ3) is 14.3. The third-order valence-electron chi connectivity index (χ3n) is 8.89. The molecule has 6 rings (SSSR count). The molecule has 10 N–H and O–H groups in total. The van der Waals surface area contributed by atoms with Gasteiger partial charge in [-0.3, -0.25) is 9.11 Å². The van der Waals surface area contributed by atoms with Crippen molar-refractivity contribution in [3.05, 3.63) is 108 Å². The number of benzene rings is 4. The summed E-state index contributed by atoms with van der Waals surface area (Å²) in [5, 5.41) is 50.4. The Morgan fingerprint density at radius 3 is 1.05 bits per heavy atom. The fourth-order valence-corrected chi connectivity index (χ4v) is 7.45. The molecular formula is C40H44N12NaO10S2. The summed E-state index contributed by atoms with van der Waals surface area (Å²) in [6.45, 7) is -0.796. The Hall–Kier alpha value is -5.90. The number of hydrogen-bond donors (Lipinski definition) is 10. The first-order valence-corrected chi connectivity index (χ1v) is 22.2. The van der Waals surface area contributed by atoms with Gasteiger partial charge >= 0.3 is 0 Å². The van der Waals surface area contributed by atoms with Crippen molar-refractivity contribution in [3.8, 4) is 0 Å².